The molecule has 0 aliphatic heterocycles. The van der Waals surface area contributed by atoms with Crippen molar-refractivity contribution < 1.29 is 0 Å². The number of nitrogen functional groups attached to an aromatic ring is 1. The van der Waals surface area contributed by atoms with Gasteiger partial charge >= 0.3 is 0 Å². The maximum atomic E-state index is 5.95. The molecule has 2 nitrogen and oxygen atoms in total. The molecule has 0 aliphatic carbocycles. The zero-order chi connectivity index (χ0) is 9.68. The van der Waals surface area contributed by atoms with E-state index in [2.05, 4.69) is 5.32 Å². The lowest BCUT2D eigenvalue weighted by Gasteiger charge is -1.99. The van der Waals surface area contributed by atoms with Gasteiger partial charge in [-0.25, -0.2) is 0 Å². The fourth-order valence-corrected chi connectivity index (χ4v) is 1.17. The highest BCUT2D eigenvalue weighted by Crippen LogP contribution is 2.19. The van der Waals surface area contributed by atoms with Crippen molar-refractivity contribution in [2.24, 2.45) is 0 Å². The van der Waals surface area contributed by atoms with Crippen molar-refractivity contribution in [2.45, 2.75) is 0 Å². The third-order valence-corrected chi connectivity index (χ3v) is 1.98. The number of likely N-dealkylation sites (N-methyl/N-ethyl adjacent to an activating group) is 1. The number of halogens is 1. The Labute approximate surface area is 83.4 Å². The van der Waals surface area contributed by atoms with Gasteiger partial charge in [-0.15, -0.1) is 0 Å². The first-order chi connectivity index (χ1) is 6.24. The topological polar surface area (TPSA) is 38.0 Å². The van der Waals surface area contributed by atoms with Crippen molar-refractivity contribution in [1.82, 2.24) is 5.32 Å². The molecule has 3 N–H and O–H groups in total. The van der Waals surface area contributed by atoms with E-state index in [0.29, 0.717) is 0 Å². The summed E-state index contributed by atoms with van der Waals surface area (Å²) in [6, 6.07) is 5.45. The molecule has 3 heteroatoms. The van der Waals surface area contributed by atoms with Crippen molar-refractivity contribution >= 4 is 23.4 Å². The summed E-state index contributed by atoms with van der Waals surface area (Å²) >= 11 is 5.95. The van der Waals surface area contributed by atoms with Gasteiger partial charge in [0.05, 0.1) is 0 Å². The second-order valence-corrected chi connectivity index (χ2v) is 3.15. The van der Waals surface area contributed by atoms with Crippen LogP contribution in [0.2, 0.25) is 5.02 Å². The number of nitrogens with two attached hydrogens (primary N) is 1. The van der Waals surface area contributed by atoms with Gasteiger partial charge < -0.3 is 11.1 Å². The van der Waals surface area contributed by atoms with Gasteiger partial charge in [0.1, 0.15) is 0 Å². The van der Waals surface area contributed by atoms with Gasteiger partial charge in [0.15, 0.2) is 0 Å². The highest BCUT2D eigenvalue weighted by molar-refractivity contribution is 6.32. The van der Waals surface area contributed by atoms with Crippen LogP contribution in [0.5, 0.6) is 0 Å². The van der Waals surface area contributed by atoms with Crippen molar-refractivity contribution in [3.8, 4) is 0 Å². The van der Waals surface area contributed by atoms with E-state index in [-0.39, 0.29) is 0 Å². The summed E-state index contributed by atoms with van der Waals surface area (Å²) < 4.78 is 0. The Bertz CT molecular complexity index is 308. The summed E-state index contributed by atoms with van der Waals surface area (Å²) in [5.41, 5.74) is 7.31. The Morgan fingerprint density at radius 2 is 2.31 bits per heavy atom. The Balaban J connectivity index is 2.81. The second kappa shape index (κ2) is 4.90. The van der Waals surface area contributed by atoms with Crippen LogP contribution >= 0.6 is 11.6 Å². The number of hydrogen-bond acceptors (Lipinski definition) is 2. The molecule has 0 amide bonds. The van der Waals surface area contributed by atoms with Gasteiger partial charge in [-0.05, 0) is 30.8 Å². The van der Waals surface area contributed by atoms with E-state index in [1.54, 1.807) is 12.1 Å². The summed E-state index contributed by atoms with van der Waals surface area (Å²) in [4.78, 5) is 0. The van der Waals surface area contributed by atoms with Crippen LogP contribution in [0, 0.1) is 0 Å². The zero-order valence-corrected chi connectivity index (χ0v) is 8.31. The molecule has 1 aromatic carbocycles. The molecule has 0 aromatic heterocycles. The molecule has 0 unspecified atom stereocenters. The number of anilines is 1. The Hall–Kier alpha value is -0.990. The predicted octanol–water partition coefficient (Wildman–Crippen LogP) is 2.15. The Morgan fingerprint density at radius 1 is 1.54 bits per heavy atom. The molecule has 0 atom stereocenters. The molecule has 0 saturated carbocycles. The van der Waals surface area contributed by atoms with Crippen LogP contribution in [0.1, 0.15) is 5.56 Å². The Morgan fingerprint density at radius 3 is 3.00 bits per heavy atom. The van der Waals surface area contributed by atoms with Gasteiger partial charge in [-0.1, -0.05) is 23.8 Å². The van der Waals surface area contributed by atoms with E-state index in [1.165, 1.54) is 0 Å². The molecule has 0 aliphatic rings. The molecule has 0 heterocycles. The van der Waals surface area contributed by atoms with Crippen LogP contribution in [0.4, 0.5) is 5.69 Å². The van der Waals surface area contributed by atoms with E-state index in [4.69, 9.17) is 17.3 Å². The van der Waals surface area contributed by atoms with Crippen LogP contribution in [0.25, 0.3) is 6.08 Å². The average molecular weight is 197 g/mol. The number of nitrogens with one attached hydrogen (secondary N) is 1. The lowest BCUT2D eigenvalue weighted by molar-refractivity contribution is 0.922. The summed E-state index contributed by atoms with van der Waals surface area (Å²) in [7, 11) is 1.89. The van der Waals surface area contributed by atoms with E-state index >= 15 is 0 Å². The minimum atomic E-state index is 0.724. The molecule has 0 radical (unpaired) electrons. The molecule has 70 valence electrons. The largest absolute Gasteiger partial charge is 0.399 e. The van der Waals surface area contributed by atoms with Crippen LogP contribution < -0.4 is 11.1 Å². The van der Waals surface area contributed by atoms with Gasteiger partial charge in [0.2, 0.25) is 0 Å². The average Bonchev–Trinajstić information content (AvgIpc) is 2.11. The van der Waals surface area contributed by atoms with Gasteiger partial charge in [0.25, 0.3) is 0 Å². The molecule has 0 spiro atoms. The second-order valence-electron chi connectivity index (χ2n) is 2.74. The van der Waals surface area contributed by atoms with Crippen molar-refractivity contribution in [3.05, 3.63) is 34.9 Å². The molecular weight excluding hydrogens is 184 g/mol. The third-order valence-electron chi connectivity index (χ3n) is 1.64. The summed E-state index contributed by atoms with van der Waals surface area (Å²) in [5.74, 6) is 0. The minimum Gasteiger partial charge on any atom is -0.399 e. The highest BCUT2D eigenvalue weighted by atomic mass is 35.5. The molecule has 0 bridgehead atoms. The Kier molecular flexibility index (Phi) is 3.80. The first kappa shape index (κ1) is 10.1. The lowest BCUT2D eigenvalue weighted by atomic mass is 10.2. The van der Waals surface area contributed by atoms with Crippen LogP contribution in [-0.2, 0) is 0 Å². The molecule has 13 heavy (non-hydrogen) atoms. The molecule has 1 aromatic rings. The molecular formula is C10H13ClN2. The normalized spacial score (nSPS) is 10.9. The zero-order valence-electron chi connectivity index (χ0n) is 7.55. The van der Waals surface area contributed by atoms with E-state index in [0.717, 1.165) is 22.8 Å². The predicted molar refractivity (Wildman–Crippen MR) is 58.8 cm³/mol. The summed E-state index contributed by atoms with van der Waals surface area (Å²) in [6.07, 6.45) is 3.95. The van der Waals surface area contributed by atoms with Crippen LogP contribution in [0.3, 0.4) is 0 Å². The fraction of sp³-hybridized carbons (Fsp3) is 0.200. The first-order valence-electron chi connectivity index (χ1n) is 4.10. The van der Waals surface area contributed by atoms with Crippen LogP contribution in [-0.4, -0.2) is 13.6 Å². The standard InChI is InChI=1S/C10H13ClN2/c1-13-6-2-3-8-7-9(12)4-5-10(8)11/h2-5,7,13H,6,12H2,1H3. The smallest absolute Gasteiger partial charge is 0.0479 e. The van der Waals surface area contributed by atoms with Crippen molar-refractivity contribution in [3.63, 3.8) is 0 Å². The maximum absolute atomic E-state index is 5.95. The minimum absolute atomic E-state index is 0.724. The fourth-order valence-electron chi connectivity index (χ4n) is 0.994. The maximum Gasteiger partial charge on any atom is 0.0479 e. The molecule has 1 rings (SSSR count). The molecule has 0 saturated heterocycles. The number of rotatable bonds is 3. The van der Waals surface area contributed by atoms with Gasteiger partial charge in [0, 0.05) is 17.3 Å². The van der Waals surface area contributed by atoms with E-state index < -0.39 is 0 Å². The third kappa shape index (κ3) is 3.09. The lowest BCUT2D eigenvalue weighted by Crippen LogP contribution is -2.03. The van der Waals surface area contributed by atoms with E-state index in [1.807, 2.05) is 25.3 Å². The van der Waals surface area contributed by atoms with Gasteiger partial charge in [-0.3, -0.25) is 0 Å². The quantitative estimate of drug-likeness (QED) is 0.728. The van der Waals surface area contributed by atoms with Crippen LogP contribution in [0.15, 0.2) is 24.3 Å². The van der Waals surface area contributed by atoms with Crippen molar-refractivity contribution in [1.29, 1.82) is 0 Å². The molecule has 0 fully saturated rings. The summed E-state index contributed by atoms with van der Waals surface area (Å²) in [5, 5.41) is 3.73. The summed E-state index contributed by atoms with van der Waals surface area (Å²) in [6.45, 7) is 0.825. The number of hydrogen-bond donors (Lipinski definition) is 2. The first-order valence-corrected chi connectivity index (χ1v) is 4.48. The van der Waals surface area contributed by atoms with Gasteiger partial charge in [-0.2, -0.15) is 0 Å². The SMILES string of the molecule is CNCC=Cc1cc(N)ccc1Cl. The van der Waals surface area contributed by atoms with E-state index in [9.17, 15) is 0 Å². The highest BCUT2D eigenvalue weighted by Gasteiger charge is 1.95. The number of benzene rings is 1. The monoisotopic (exact) mass is 196 g/mol. The van der Waals surface area contributed by atoms with Crippen molar-refractivity contribution in [2.75, 3.05) is 19.3 Å².